The molecule has 0 amide bonds. The minimum absolute atomic E-state index is 0.191. The van der Waals surface area contributed by atoms with E-state index in [1.165, 1.54) is 44.4 Å². The number of carbonyl (C=O) groups is 3. The zero-order valence-corrected chi connectivity index (χ0v) is 21.5. The van der Waals surface area contributed by atoms with Gasteiger partial charge in [0.1, 0.15) is 54.6 Å². The Morgan fingerprint density at radius 3 is 2.35 bits per heavy atom. The first-order valence-corrected chi connectivity index (χ1v) is 12.6. The summed E-state index contributed by atoms with van der Waals surface area (Å²) in [5, 5.41) is 40.2. The van der Waals surface area contributed by atoms with Crippen molar-refractivity contribution in [3.05, 3.63) is 42.2 Å². The first kappa shape index (κ1) is 28.4. The smallest absolute Gasteiger partial charge is 0.338 e. The molecule has 3 fully saturated rings. The predicted molar refractivity (Wildman–Crippen MR) is 127 cm³/mol. The van der Waals surface area contributed by atoms with Crippen LogP contribution in [-0.2, 0) is 38.0 Å². The number of ether oxygens (including phenoxy) is 7. The third-order valence-corrected chi connectivity index (χ3v) is 7.45. The highest BCUT2D eigenvalue weighted by molar-refractivity contribution is 5.89. The van der Waals surface area contributed by atoms with Gasteiger partial charge in [0, 0.05) is 19.8 Å². The van der Waals surface area contributed by atoms with Crippen LogP contribution in [0.1, 0.15) is 24.2 Å². The number of hydrogen-bond donors (Lipinski definition) is 4. The summed E-state index contributed by atoms with van der Waals surface area (Å²) in [4.78, 5) is 35.8. The second-order valence-electron chi connectivity index (χ2n) is 10.0. The molecule has 0 unspecified atom stereocenters. The quantitative estimate of drug-likeness (QED) is 0.166. The number of aliphatic hydroxyl groups is 4. The van der Waals surface area contributed by atoms with Crippen molar-refractivity contribution in [3.63, 3.8) is 0 Å². The molecule has 0 aromatic heterocycles. The Bertz CT molecular complexity index is 1150. The maximum atomic E-state index is 13.0. The zero-order chi connectivity index (χ0) is 28.8. The van der Waals surface area contributed by atoms with Crippen LogP contribution in [0, 0.1) is 11.8 Å². The standard InChI is InChI=1S/C26H30O14/c1-11(28)35-10-26-17-15(7-8-34-24(17)39-25-20(32)19(31)18(30)16(9-27)37-25)21(22(26)40-26)38-23(33)13-3-5-14(6-4-13)36-12(2)29/h3-8,15-22,24-25,27,30-32H,9-10H2,1-2H3/t15-,16-,17-,18-,19+,20-,21+,22+,24-,25+,26+/m1/s1. The van der Waals surface area contributed by atoms with Gasteiger partial charge in [-0.2, -0.15) is 0 Å². The summed E-state index contributed by atoms with van der Waals surface area (Å²) in [7, 11) is 0. The highest BCUT2D eigenvalue weighted by atomic mass is 16.8. The predicted octanol–water partition coefficient (Wildman–Crippen LogP) is -1.23. The number of esters is 3. The average Bonchev–Trinajstić information content (AvgIpc) is 3.59. The molecule has 11 atom stereocenters. The molecule has 5 rings (SSSR count). The highest BCUT2D eigenvalue weighted by Crippen LogP contribution is 2.61. The highest BCUT2D eigenvalue weighted by Gasteiger charge is 2.78. The monoisotopic (exact) mass is 566 g/mol. The Morgan fingerprint density at radius 1 is 0.975 bits per heavy atom. The van der Waals surface area contributed by atoms with Crippen molar-refractivity contribution < 1.29 is 68.0 Å². The van der Waals surface area contributed by atoms with Gasteiger partial charge in [0.05, 0.1) is 24.4 Å². The van der Waals surface area contributed by atoms with Gasteiger partial charge in [-0.1, -0.05) is 0 Å². The number of benzene rings is 1. The molecule has 40 heavy (non-hydrogen) atoms. The minimum atomic E-state index is -1.68. The molecule has 0 spiro atoms. The lowest BCUT2D eigenvalue weighted by atomic mass is 9.85. The number of fused-ring (bicyclic) bond motifs is 3. The second kappa shape index (κ2) is 11.0. The summed E-state index contributed by atoms with van der Waals surface area (Å²) in [5.74, 6) is -2.75. The fraction of sp³-hybridized carbons (Fsp3) is 0.577. The van der Waals surface area contributed by atoms with Gasteiger partial charge in [0.25, 0.3) is 0 Å². The minimum Gasteiger partial charge on any atom is -0.472 e. The molecule has 0 radical (unpaired) electrons. The van der Waals surface area contributed by atoms with E-state index in [4.69, 9.17) is 33.2 Å². The van der Waals surface area contributed by atoms with Crippen molar-refractivity contribution >= 4 is 17.9 Å². The Labute approximate surface area is 227 Å². The largest absolute Gasteiger partial charge is 0.472 e. The topological polar surface area (TPSA) is 200 Å². The zero-order valence-electron chi connectivity index (χ0n) is 21.5. The van der Waals surface area contributed by atoms with E-state index in [2.05, 4.69) is 0 Å². The molecule has 3 heterocycles. The number of hydrogen-bond acceptors (Lipinski definition) is 14. The first-order chi connectivity index (χ1) is 19.1. The summed E-state index contributed by atoms with van der Waals surface area (Å²) < 4.78 is 39.1. The lowest BCUT2D eigenvalue weighted by Gasteiger charge is -2.43. The molecular formula is C26H30O14. The van der Waals surface area contributed by atoms with E-state index in [1.54, 1.807) is 6.08 Å². The van der Waals surface area contributed by atoms with Crippen LogP contribution in [0.4, 0.5) is 0 Å². The molecule has 1 aromatic rings. The molecule has 2 saturated heterocycles. The molecule has 14 nitrogen and oxygen atoms in total. The molecular weight excluding hydrogens is 536 g/mol. The molecule has 4 N–H and O–H groups in total. The number of rotatable bonds is 8. The molecule has 0 bridgehead atoms. The molecule has 1 aliphatic carbocycles. The summed E-state index contributed by atoms with van der Waals surface area (Å²) in [6.45, 7) is 1.64. The summed E-state index contributed by atoms with van der Waals surface area (Å²) in [5.41, 5.74) is -0.972. The molecule has 1 aromatic carbocycles. The second-order valence-corrected chi connectivity index (χ2v) is 10.0. The molecule has 1 saturated carbocycles. The Balaban J connectivity index is 1.36. The van der Waals surface area contributed by atoms with Crippen LogP contribution in [0.3, 0.4) is 0 Å². The summed E-state index contributed by atoms with van der Waals surface area (Å²) in [6.07, 6.45) is -7.39. The van der Waals surface area contributed by atoms with Crippen LogP contribution in [0.5, 0.6) is 5.75 Å². The number of epoxide rings is 1. The van der Waals surface area contributed by atoms with Crippen LogP contribution in [0.25, 0.3) is 0 Å². The number of carbonyl (C=O) groups excluding carboxylic acids is 3. The fourth-order valence-electron chi connectivity index (χ4n) is 5.50. The Hall–Kier alpha value is -3.11. The summed E-state index contributed by atoms with van der Waals surface area (Å²) >= 11 is 0. The van der Waals surface area contributed by atoms with Crippen LogP contribution in [0.2, 0.25) is 0 Å². The van der Waals surface area contributed by atoms with Crippen molar-refractivity contribution in [1.29, 1.82) is 0 Å². The van der Waals surface area contributed by atoms with E-state index in [0.717, 1.165) is 0 Å². The summed E-state index contributed by atoms with van der Waals surface area (Å²) in [6, 6.07) is 5.79. The van der Waals surface area contributed by atoms with Gasteiger partial charge in [0.2, 0.25) is 6.29 Å². The normalized spacial score (nSPS) is 39.4. The van der Waals surface area contributed by atoms with Crippen molar-refractivity contribution in [2.24, 2.45) is 11.8 Å². The van der Waals surface area contributed by atoms with Gasteiger partial charge < -0.3 is 53.6 Å². The van der Waals surface area contributed by atoms with E-state index in [-0.39, 0.29) is 17.9 Å². The van der Waals surface area contributed by atoms with Crippen molar-refractivity contribution in [1.82, 2.24) is 0 Å². The van der Waals surface area contributed by atoms with Gasteiger partial charge in [-0.05, 0) is 30.3 Å². The van der Waals surface area contributed by atoms with E-state index in [0.29, 0.717) is 0 Å². The van der Waals surface area contributed by atoms with Crippen LogP contribution < -0.4 is 4.74 Å². The van der Waals surface area contributed by atoms with Crippen molar-refractivity contribution in [2.75, 3.05) is 13.2 Å². The average molecular weight is 567 g/mol. The Kier molecular flexibility index (Phi) is 7.85. The van der Waals surface area contributed by atoms with Crippen LogP contribution in [-0.4, -0.2) is 106 Å². The molecule has 218 valence electrons. The molecule has 3 aliphatic heterocycles. The van der Waals surface area contributed by atoms with E-state index < -0.39 is 91.2 Å². The first-order valence-electron chi connectivity index (χ1n) is 12.6. The SMILES string of the molecule is CC(=O)OC[C@@]12O[C@H]1[C@@H](OC(=O)c1ccc(OC(C)=O)cc1)[C@@H]1C=CO[C@H](O[C@@H]3O[C@H](CO)[C@@H](O)[C@H](O)[C@H]3O)[C@@H]12. The lowest BCUT2D eigenvalue weighted by Crippen LogP contribution is -2.60. The third kappa shape index (κ3) is 5.19. The van der Waals surface area contributed by atoms with Gasteiger partial charge >= 0.3 is 17.9 Å². The van der Waals surface area contributed by atoms with E-state index in [9.17, 15) is 34.8 Å². The van der Waals surface area contributed by atoms with Gasteiger partial charge in [0.15, 0.2) is 6.29 Å². The van der Waals surface area contributed by atoms with E-state index in [1.807, 2.05) is 0 Å². The third-order valence-electron chi connectivity index (χ3n) is 7.45. The van der Waals surface area contributed by atoms with Gasteiger partial charge in [-0.25, -0.2) is 4.79 Å². The molecule has 4 aliphatic rings. The fourth-order valence-corrected chi connectivity index (χ4v) is 5.50. The lowest BCUT2D eigenvalue weighted by molar-refractivity contribution is -0.344. The van der Waals surface area contributed by atoms with E-state index >= 15 is 0 Å². The maximum absolute atomic E-state index is 13.0. The Morgan fingerprint density at radius 2 is 1.70 bits per heavy atom. The number of aliphatic hydroxyl groups excluding tert-OH is 4. The van der Waals surface area contributed by atoms with Crippen molar-refractivity contribution in [3.8, 4) is 5.75 Å². The molecule has 14 heteroatoms. The van der Waals surface area contributed by atoms with Crippen LogP contribution >= 0.6 is 0 Å². The van der Waals surface area contributed by atoms with Crippen LogP contribution in [0.15, 0.2) is 36.6 Å². The van der Waals surface area contributed by atoms with Gasteiger partial charge in [-0.3, -0.25) is 9.59 Å². The van der Waals surface area contributed by atoms with Crippen molar-refractivity contribution in [2.45, 2.75) is 68.7 Å². The van der Waals surface area contributed by atoms with Gasteiger partial charge in [-0.15, -0.1) is 0 Å². The maximum Gasteiger partial charge on any atom is 0.338 e.